The molecule has 1 rings (SSSR count). The Morgan fingerprint density at radius 3 is 2.61 bits per heavy atom. The predicted molar refractivity (Wildman–Crippen MR) is 68.1 cm³/mol. The minimum absolute atomic E-state index is 0.347. The highest BCUT2D eigenvalue weighted by molar-refractivity contribution is 5.69. The van der Waals surface area contributed by atoms with Crippen LogP contribution in [0.3, 0.4) is 0 Å². The Labute approximate surface area is 107 Å². The average Bonchev–Trinajstić information content (AvgIpc) is 2.36. The van der Waals surface area contributed by atoms with Gasteiger partial charge in [-0.25, -0.2) is 0 Å². The largest absolute Gasteiger partial charge is 0.481 e. The predicted octanol–water partition coefficient (Wildman–Crippen LogP) is 2.22. The van der Waals surface area contributed by atoms with E-state index in [2.05, 4.69) is 0 Å². The topological polar surface area (TPSA) is 66.8 Å². The van der Waals surface area contributed by atoms with Gasteiger partial charge in [-0.1, -0.05) is 38.1 Å². The van der Waals surface area contributed by atoms with Crippen molar-refractivity contribution in [3.05, 3.63) is 35.4 Å². The Hall–Kier alpha value is -1.39. The van der Waals surface area contributed by atoms with E-state index in [1.807, 2.05) is 18.2 Å². The number of rotatable bonds is 6. The van der Waals surface area contributed by atoms with Gasteiger partial charge in [0.15, 0.2) is 0 Å². The zero-order valence-corrected chi connectivity index (χ0v) is 11.0. The van der Waals surface area contributed by atoms with Crippen LogP contribution in [-0.4, -0.2) is 23.3 Å². The van der Waals surface area contributed by atoms with Gasteiger partial charge < -0.3 is 14.9 Å². The number of aliphatic hydroxyl groups is 1. The Morgan fingerprint density at radius 2 is 2.06 bits per heavy atom. The summed E-state index contributed by atoms with van der Waals surface area (Å²) in [6.07, 6.45) is -0.784. The molecular formula is C14H20O4. The van der Waals surface area contributed by atoms with Gasteiger partial charge in [0.05, 0.1) is 18.6 Å². The van der Waals surface area contributed by atoms with Crippen molar-refractivity contribution in [3.8, 4) is 0 Å². The lowest BCUT2D eigenvalue weighted by Crippen LogP contribution is -2.23. The number of hydrogen-bond acceptors (Lipinski definition) is 3. The van der Waals surface area contributed by atoms with E-state index in [0.717, 1.165) is 11.1 Å². The van der Waals surface area contributed by atoms with Gasteiger partial charge in [-0.3, -0.25) is 4.79 Å². The zero-order valence-electron chi connectivity index (χ0n) is 11.0. The standard InChI is InChI=1S/C14H20O4/c1-9(10(2)14(16)17)13(15)12-6-4-5-11(7-12)8-18-3/h4-7,9-10,13,15H,8H2,1-3H3,(H,16,17). The van der Waals surface area contributed by atoms with Crippen LogP contribution in [0.5, 0.6) is 0 Å². The van der Waals surface area contributed by atoms with E-state index < -0.39 is 18.0 Å². The first-order valence-electron chi connectivity index (χ1n) is 5.96. The normalized spacial score (nSPS) is 16.0. The summed E-state index contributed by atoms with van der Waals surface area (Å²) in [4.78, 5) is 10.9. The Balaban J connectivity index is 2.85. The van der Waals surface area contributed by atoms with Crippen molar-refractivity contribution >= 4 is 5.97 Å². The monoisotopic (exact) mass is 252 g/mol. The highest BCUT2D eigenvalue weighted by Crippen LogP contribution is 2.28. The fourth-order valence-corrected chi connectivity index (χ4v) is 1.84. The summed E-state index contributed by atoms with van der Waals surface area (Å²) in [7, 11) is 1.61. The molecule has 2 N–H and O–H groups in total. The average molecular weight is 252 g/mol. The highest BCUT2D eigenvalue weighted by Gasteiger charge is 2.27. The van der Waals surface area contributed by atoms with Gasteiger partial charge in [-0.2, -0.15) is 0 Å². The zero-order chi connectivity index (χ0) is 13.7. The Morgan fingerprint density at radius 1 is 1.39 bits per heavy atom. The molecule has 0 saturated carbocycles. The number of carbonyl (C=O) groups is 1. The molecule has 0 aromatic heterocycles. The second kappa shape index (κ2) is 6.52. The molecule has 3 atom stereocenters. The molecule has 3 unspecified atom stereocenters. The number of hydrogen-bond donors (Lipinski definition) is 2. The van der Waals surface area contributed by atoms with Crippen LogP contribution in [0.15, 0.2) is 24.3 Å². The Bertz CT molecular complexity index is 403. The van der Waals surface area contributed by atoms with Crippen molar-refractivity contribution in [1.82, 2.24) is 0 Å². The van der Waals surface area contributed by atoms with Gasteiger partial charge in [0.2, 0.25) is 0 Å². The number of methoxy groups -OCH3 is 1. The molecule has 0 aliphatic carbocycles. The van der Waals surface area contributed by atoms with Crippen molar-refractivity contribution in [2.75, 3.05) is 7.11 Å². The molecule has 18 heavy (non-hydrogen) atoms. The minimum atomic E-state index is -0.894. The van der Waals surface area contributed by atoms with Crippen LogP contribution < -0.4 is 0 Å². The van der Waals surface area contributed by atoms with Gasteiger partial charge in [0, 0.05) is 7.11 Å². The molecule has 100 valence electrons. The molecule has 0 spiro atoms. The lowest BCUT2D eigenvalue weighted by atomic mass is 9.87. The summed E-state index contributed by atoms with van der Waals surface area (Å²) >= 11 is 0. The van der Waals surface area contributed by atoms with Gasteiger partial charge in [-0.05, 0) is 17.0 Å². The lowest BCUT2D eigenvalue weighted by Gasteiger charge is -2.23. The van der Waals surface area contributed by atoms with E-state index in [1.54, 1.807) is 27.0 Å². The number of aliphatic carboxylic acids is 1. The lowest BCUT2D eigenvalue weighted by molar-refractivity contribution is -0.144. The number of aliphatic hydroxyl groups excluding tert-OH is 1. The molecule has 0 fully saturated rings. The second-order valence-corrected chi connectivity index (χ2v) is 4.61. The third-order valence-electron chi connectivity index (χ3n) is 3.28. The maximum atomic E-state index is 10.9. The molecule has 0 bridgehead atoms. The maximum Gasteiger partial charge on any atom is 0.306 e. The van der Waals surface area contributed by atoms with Gasteiger partial charge in [0.1, 0.15) is 0 Å². The summed E-state index contributed by atoms with van der Waals surface area (Å²) in [5, 5.41) is 19.2. The second-order valence-electron chi connectivity index (χ2n) is 4.61. The molecule has 0 amide bonds. The molecule has 4 heteroatoms. The van der Waals surface area contributed by atoms with Crippen LogP contribution in [0, 0.1) is 11.8 Å². The first kappa shape index (κ1) is 14.7. The quantitative estimate of drug-likeness (QED) is 0.814. The van der Waals surface area contributed by atoms with Gasteiger partial charge in [-0.15, -0.1) is 0 Å². The third kappa shape index (κ3) is 3.55. The summed E-state index contributed by atoms with van der Waals surface area (Å²) < 4.78 is 5.03. The summed E-state index contributed by atoms with van der Waals surface area (Å²) in [6, 6.07) is 7.39. The van der Waals surface area contributed by atoms with Crippen molar-refractivity contribution in [3.63, 3.8) is 0 Å². The molecule has 4 nitrogen and oxygen atoms in total. The molecular weight excluding hydrogens is 232 g/mol. The number of carboxylic acids is 1. The summed E-state index contributed by atoms with van der Waals surface area (Å²) in [5.74, 6) is -1.83. The number of carboxylic acid groups (broad SMARTS) is 1. The molecule has 1 aromatic rings. The molecule has 0 aliphatic heterocycles. The van der Waals surface area contributed by atoms with E-state index in [0.29, 0.717) is 6.61 Å². The highest BCUT2D eigenvalue weighted by atomic mass is 16.5. The van der Waals surface area contributed by atoms with Crippen molar-refractivity contribution in [2.24, 2.45) is 11.8 Å². The van der Waals surface area contributed by atoms with E-state index in [4.69, 9.17) is 9.84 Å². The van der Waals surface area contributed by atoms with Crippen molar-refractivity contribution < 1.29 is 19.7 Å². The summed E-state index contributed by atoms with van der Waals surface area (Å²) in [5.41, 5.74) is 1.69. The van der Waals surface area contributed by atoms with Crippen LogP contribution in [-0.2, 0) is 16.1 Å². The molecule has 0 aliphatic rings. The number of benzene rings is 1. The van der Waals surface area contributed by atoms with Crippen LogP contribution in [0.4, 0.5) is 0 Å². The van der Waals surface area contributed by atoms with Crippen LogP contribution in [0.1, 0.15) is 31.1 Å². The van der Waals surface area contributed by atoms with Crippen molar-refractivity contribution in [1.29, 1.82) is 0 Å². The molecule has 0 heterocycles. The fourth-order valence-electron chi connectivity index (χ4n) is 1.84. The SMILES string of the molecule is COCc1cccc(C(O)C(C)C(C)C(=O)O)c1. The van der Waals surface area contributed by atoms with E-state index in [1.165, 1.54) is 0 Å². The van der Waals surface area contributed by atoms with E-state index in [9.17, 15) is 9.90 Å². The molecule has 0 saturated heterocycles. The Kier molecular flexibility index (Phi) is 5.31. The van der Waals surface area contributed by atoms with Crippen LogP contribution >= 0.6 is 0 Å². The smallest absolute Gasteiger partial charge is 0.306 e. The fraction of sp³-hybridized carbons (Fsp3) is 0.500. The van der Waals surface area contributed by atoms with Gasteiger partial charge >= 0.3 is 5.97 Å². The number of ether oxygens (including phenoxy) is 1. The van der Waals surface area contributed by atoms with Crippen LogP contribution in [0.25, 0.3) is 0 Å². The summed E-state index contributed by atoms with van der Waals surface area (Å²) in [6.45, 7) is 3.82. The van der Waals surface area contributed by atoms with E-state index >= 15 is 0 Å². The first-order chi connectivity index (χ1) is 8.47. The van der Waals surface area contributed by atoms with Crippen LogP contribution in [0.2, 0.25) is 0 Å². The molecule has 0 radical (unpaired) electrons. The minimum Gasteiger partial charge on any atom is -0.481 e. The first-order valence-corrected chi connectivity index (χ1v) is 5.96. The van der Waals surface area contributed by atoms with Crippen molar-refractivity contribution in [2.45, 2.75) is 26.6 Å². The maximum absolute atomic E-state index is 10.9. The third-order valence-corrected chi connectivity index (χ3v) is 3.28. The van der Waals surface area contributed by atoms with E-state index in [-0.39, 0.29) is 5.92 Å². The van der Waals surface area contributed by atoms with Gasteiger partial charge in [0.25, 0.3) is 0 Å². The molecule has 1 aromatic carbocycles.